The van der Waals surface area contributed by atoms with Crippen LogP contribution < -0.4 is 5.32 Å². The first-order valence-electron chi connectivity index (χ1n) is 8.22. The highest BCUT2D eigenvalue weighted by Crippen LogP contribution is 2.41. The second-order valence-electron chi connectivity index (χ2n) is 6.51. The Labute approximate surface area is 142 Å². The molecular formula is C16H17F2N5O2. The molecule has 0 amide bonds. The molecule has 1 aliphatic heterocycles. The Morgan fingerprint density at radius 1 is 1.44 bits per heavy atom. The summed E-state index contributed by atoms with van der Waals surface area (Å²) in [6, 6.07) is 1.59. The van der Waals surface area contributed by atoms with Crippen LogP contribution in [0.15, 0.2) is 6.20 Å². The number of fused-ring (bicyclic) bond motifs is 1. The molecule has 0 unspecified atom stereocenters. The lowest BCUT2D eigenvalue weighted by molar-refractivity contribution is -0.0136. The number of hydrogen-bond acceptors (Lipinski definition) is 6. The maximum Gasteiger partial charge on any atom is 0.241 e. The van der Waals surface area contributed by atoms with Crippen molar-refractivity contribution in [3.05, 3.63) is 23.3 Å². The van der Waals surface area contributed by atoms with Crippen LogP contribution in [0.2, 0.25) is 0 Å². The number of nitrogens with one attached hydrogen (secondary N) is 1. The normalized spacial score (nSPS) is 29.2. The van der Waals surface area contributed by atoms with Crippen LogP contribution in [0.3, 0.4) is 0 Å². The molecule has 3 heterocycles. The zero-order chi connectivity index (χ0) is 17.6. The van der Waals surface area contributed by atoms with Crippen LogP contribution in [0.1, 0.15) is 36.4 Å². The lowest BCUT2D eigenvalue weighted by atomic mass is 9.80. The van der Waals surface area contributed by atoms with E-state index in [2.05, 4.69) is 15.4 Å². The van der Waals surface area contributed by atoms with Gasteiger partial charge in [0, 0.05) is 12.5 Å². The third-order valence-electron chi connectivity index (χ3n) is 4.88. The Hall–Kier alpha value is -2.31. The van der Waals surface area contributed by atoms with Crippen molar-refractivity contribution in [3.63, 3.8) is 0 Å². The molecule has 2 atom stereocenters. The Bertz CT molecular complexity index is 843. The number of alkyl halides is 1. The predicted octanol–water partition coefficient (Wildman–Crippen LogP) is 1.52. The van der Waals surface area contributed by atoms with Crippen LogP contribution in [0, 0.1) is 17.1 Å². The smallest absolute Gasteiger partial charge is 0.241 e. The first kappa shape index (κ1) is 16.2. The number of anilines is 1. The highest BCUT2D eigenvalue weighted by Gasteiger charge is 2.36. The lowest BCUT2D eigenvalue weighted by Gasteiger charge is -2.30. The number of aromatic nitrogens is 3. The zero-order valence-electron chi connectivity index (χ0n) is 13.3. The van der Waals surface area contributed by atoms with Crippen molar-refractivity contribution >= 4 is 11.5 Å². The number of ether oxygens (including phenoxy) is 1. The van der Waals surface area contributed by atoms with Crippen LogP contribution in [0.25, 0.3) is 5.52 Å². The summed E-state index contributed by atoms with van der Waals surface area (Å²) >= 11 is 0. The molecular weight excluding hydrogens is 332 g/mol. The summed E-state index contributed by atoms with van der Waals surface area (Å²) in [4.78, 5) is 4.08. The van der Waals surface area contributed by atoms with E-state index in [1.165, 1.54) is 10.7 Å². The number of aliphatic hydroxyl groups excluding tert-OH is 1. The molecule has 1 saturated heterocycles. The number of rotatable bonds is 3. The summed E-state index contributed by atoms with van der Waals surface area (Å²) in [5.74, 6) is -0.703. The molecule has 0 aromatic carbocycles. The highest BCUT2D eigenvalue weighted by molar-refractivity contribution is 5.59. The minimum absolute atomic E-state index is 0.0898. The predicted molar refractivity (Wildman–Crippen MR) is 83.4 cm³/mol. The fourth-order valence-corrected chi connectivity index (χ4v) is 3.41. The molecule has 1 aliphatic carbocycles. The third kappa shape index (κ3) is 2.71. The molecule has 25 heavy (non-hydrogen) atoms. The number of aliphatic hydroxyl groups is 1. The topological polar surface area (TPSA) is 95.5 Å². The number of nitriles is 1. The summed E-state index contributed by atoms with van der Waals surface area (Å²) < 4.78 is 34.2. The van der Waals surface area contributed by atoms with Crippen LogP contribution >= 0.6 is 0 Å². The minimum Gasteiger partial charge on any atom is -0.389 e. The molecule has 4 rings (SSSR count). The minimum atomic E-state index is -0.929. The van der Waals surface area contributed by atoms with Gasteiger partial charge in [0.05, 0.1) is 30.6 Å². The average molecular weight is 349 g/mol. The van der Waals surface area contributed by atoms with Gasteiger partial charge in [0.25, 0.3) is 0 Å². The van der Waals surface area contributed by atoms with Crippen molar-refractivity contribution in [1.82, 2.24) is 14.6 Å². The van der Waals surface area contributed by atoms with E-state index < -0.39 is 18.1 Å². The first-order chi connectivity index (χ1) is 12.1. The first-order valence-corrected chi connectivity index (χ1v) is 8.22. The van der Waals surface area contributed by atoms with Gasteiger partial charge in [-0.2, -0.15) is 5.26 Å². The number of hydrogen-bond donors (Lipinski definition) is 2. The summed E-state index contributed by atoms with van der Waals surface area (Å²) in [5.41, 5.74) is 0.378. The van der Waals surface area contributed by atoms with Crippen LogP contribution in [0.4, 0.5) is 14.7 Å². The van der Waals surface area contributed by atoms with Crippen molar-refractivity contribution in [2.24, 2.45) is 0 Å². The van der Waals surface area contributed by atoms with Crippen LogP contribution in [-0.2, 0) is 4.74 Å². The second kappa shape index (κ2) is 6.20. The van der Waals surface area contributed by atoms with Gasteiger partial charge in [0.2, 0.25) is 5.95 Å². The van der Waals surface area contributed by atoms with Gasteiger partial charge in [-0.25, -0.2) is 18.3 Å². The molecule has 2 N–H and O–H groups in total. The second-order valence-corrected chi connectivity index (χ2v) is 6.51. The quantitative estimate of drug-likeness (QED) is 0.872. The molecule has 2 aliphatic rings. The maximum absolute atomic E-state index is 14.5. The van der Waals surface area contributed by atoms with Crippen molar-refractivity contribution in [2.75, 3.05) is 18.5 Å². The average Bonchev–Trinajstić information content (AvgIpc) is 2.85. The Morgan fingerprint density at radius 3 is 2.92 bits per heavy atom. The SMILES string of the molecule is N#Cc1c(F)c2cnc(N[C@@H]3CCOC[C@H]3O)nn2c1C1CC(F)C1. The fourth-order valence-electron chi connectivity index (χ4n) is 3.41. The van der Waals surface area contributed by atoms with E-state index in [9.17, 15) is 19.1 Å². The largest absolute Gasteiger partial charge is 0.389 e. The fraction of sp³-hybridized carbons (Fsp3) is 0.562. The van der Waals surface area contributed by atoms with E-state index in [1.807, 2.05) is 6.07 Å². The standard InChI is InChI=1S/C16H17F2N5O2/c17-9-3-8(4-9)15-10(5-19)14(18)12-6-20-16(22-23(12)15)21-11-1-2-25-7-13(11)24/h6,8-9,11,13,24H,1-4,7H2,(H,21,22)/t8?,9?,11-,13-/m1/s1. The van der Waals surface area contributed by atoms with Crippen molar-refractivity contribution in [3.8, 4) is 6.07 Å². The molecule has 7 nitrogen and oxygen atoms in total. The highest BCUT2D eigenvalue weighted by atomic mass is 19.1. The molecule has 1 saturated carbocycles. The van der Waals surface area contributed by atoms with E-state index in [1.54, 1.807) is 0 Å². The van der Waals surface area contributed by atoms with Gasteiger partial charge in [-0.05, 0) is 19.3 Å². The van der Waals surface area contributed by atoms with Crippen LogP contribution in [0.5, 0.6) is 0 Å². The molecule has 2 aromatic rings. The van der Waals surface area contributed by atoms with Crippen molar-refractivity contribution < 1.29 is 18.6 Å². The monoisotopic (exact) mass is 349 g/mol. The van der Waals surface area contributed by atoms with Gasteiger partial charge < -0.3 is 15.2 Å². The van der Waals surface area contributed by atoms with Gasteiger partial charge in [0.15, 0.2) is 5.82 Å². The summed E-state index contributed by atoms with van der Waals surface area (Å²) in [6.07, 6.45) is 0.777. The van der Waals surface area contributed by atoms with Gasteiger partial charge in [0.1, 0.15) is 23.3 Å². The number of nitrogens with zero attached hydrogens (tertiary/aromatic N) is 4. The summed E-state index contributed by atoms with van der Waals surface area (Å²) in [6.45, 7) is 0.737. The van der Waals surface area contributed by atoms with Gasteiger partial charge in [-0.15, -0.1) is 5.10 Å². The maximum atomic E-state index is 14.5. The molecule has 0 radical (unpaired) electrons. The summed E-state index contributed by atoms with van der Waals surface area (Å²) in [7, 11) is 0. The van der Waals surface area contributed by atoms with E-state index >= 15 is 0 Å². The molecule has 9 heteroatoms. The lowest BCUT2D eigenvalue weighted by Crippen LogP contribution is -2.42. The van der Waals surface area contributed by atoms with Crippen LogP contribution in [-0.4, -0.2) is 51.2 Å². The third-order valence-corrected chi connectivity index (χ3v) is 4.88. The molecule has 0 bridgehead atoms. The summed E-state index contributed by atoms with van der Waals surface area (Å²) in [5, 5.41) is 26.6. The zero-order valence-corrected chi connectivity index (χ0v) is 13.3. The van der Waals surface area contributed by atoms with E-state index in [4.69, 9.17) is 4.74 Å². The van der Waals surface area contributed by atoms with Gasteiger partial charge in [-0.1, -0.05) is 0 Å². The Morgan fingerprint density at radius 2 is 2.24 bits per heavy atom. The van der Waals surface area contributed by atoms with Gasteiger partial charge in [-0.3, -0.25) is 0 Å². The van der Waals surface area contributed by atoms with Crippen molar-refractivity contribution in [2.45, 2.75) is 43.5 Å². The molecule has 2 fully saturated rings. The molecule has 0 spiro atoms. The molecule has 2 aromatic heterocycles. The Kier molecular flexibility index (Phi) is 4.01. The van der Waals surface area contributed by atoms with Crippen molar-refractivity contribution in [1.29, 1.82) is 5.26 Å². The molecule has 132 valence electrons. The van der Waals surface area contributed by atoms with E-state index in [0.29, 0.717) is 18.7 Å². The van der Waals surface area contributed by atoms with E-state index in [-0.39, 0.29) is 48.4 Å². The van der Waals surface area contributed by atoms with E-state index in [0.717, 1.165) is 0 Å². The van der Waals surface area contributed by atoms with Gasteiger partial charge >= 0.3 is 0 Å². The number of halogens is 2. The Balaban J connectivity index is 1.71.